The molecule has 1 aliphatic heterocycles. The quantitative estimate of drug-likeness (QED) is 0.569. The molecular formula is C22H24N5S2+. The Hall–Kier alpha value is -2.17. The SMILES string of the molecule is Cc1cncc(SC2CC3C[N+]#CC3C(n3cc(-c4nc(C)cs4)cn3)C2C)c1. The van der Waals surface area contributed by atoms with Gasteiger partial charge in [0, 0.05) is 45.4 Å². The molecule has 0 saturated heterocycles. The van der Waals surface area contributed by atoms with E-state index in [-0.39, 0.29) is 6.04 Å². The lowest BCUT2D eigenvalue weighted by molar-refractivity contribution is 0.155. The van der Waals surface area contributed by atoms with E-state index in [9.17, 15) is 0 Å². The molecule has 5 rings (SSSR count). The minimum atomic E-state index is 0.269. The third kappa shape index (κ3) is 3.60. The van der Waals surface area contributed by atoms with Crippen LogP contribution in [0.1, 0.15) is 30.6 Å². The number of fused-ring (bicyclic) bond motifs is 1. The molecule has 0 amide bonds. The smallest absolute Gasteiger partial charge is 0.267 e. The van der Waals surface area contributed by atoms with Gasteiger partial charge in [-0.3, -0.25) is 9.67 Å². The van der Waals surface area contributed by atoms with Gasteiger partial charge in [0.25, 0.3) is 12.6 Å². The van der Waals surface area contributed by atoms with Crippen molar-refractivity contribution in [1.29, 1.82) is 0 Å². The molecule has 0 N–H and O–H groups in total. The van der Waals surface area contributed by atoms with Gasteiger partial charge in [-0.2, -0.15) is 5.10 Å². The van der Waals surface area contributed by atoms with Crippen molar-refractivity contribution in [2.75, 3.05) is 6.54 Å². The summed E-state index contributed by atoms with van der Waals surface area (Å²) < 4.78 is 2.16. The van der Waals surface area contributed by atoms with Crippen molar-refractivity contribution in [2.24, 2.45) is 17.8 Å². The van der Waals surface area contributed by atoms with Crippen molar-refractivity contribution in [1.82, 2.24) is 19.7 Å². The number of thiazole rings is 1. The number of hydrogen-bond acceptors (Lipinski definition) is 5. The van der Waals surface area contributed by atoms with Crippen molar-refractivity contribution in [3.05, 3.63) is 52.3 Å². The fraction of sp³-hybridized carbons (Fsp3) is 0.455. The molecule has 0 radical (unpaired) electrons. The topological polar surface area (TPSA) is 48.0 Å². The zero-order valence-electron chi connectivity index (χ0n) is 16.8. The Bertz CT molecular complexity index is 1090. The highest BCUT2D eigenvalue weighted by molar-refractivity contribution is 8.00. The van der Waals surface area contributed by atoms with Gasteiger partial charge in [0.2, 0.25) is 0 Å². The van der Waals surface area contributed by atoms with E-state index in [1.54, 1.807) is 11.3 Å². The molecule has 0 aromatic carbocycles. The summed E-state index contributed by atoms with van der Waals surface area (Å²) in [7, 11) is 0. The molecule has 0 bridgehead atoms. The minimum Gasteiger partial charge on any atom is -0.267 e. The second kappa shape index (κ2) is 7.58. The molecule has 1 fully saturated rings. The molecule has 5 atom stereocenters. The first kappa shape index (κ1) is 18.8. The van der Waals surface area contributed by atoms with Crippen LogP contribution in [0, 0.1) is 37.7 Å². The van der Waals surface area contributed by atoms with Crippen LogP contribution in [0.4, 0.5) is 0 Å². The third-order valence-corrected chi connectivity index (χ3v) is 8.44. The summed E-state index contributed by atoms with van der Waals surface area (Å²) in [6.45, 7) is 7.38. The normalized spacial score (nSPS) is 28.0. The largest absolute Gasteiger partial charge is 0.279 e. The molecule has 7 heteroatoms. The summed E-state index contributed by atoms with van der Waals surface area (Å²) in [5.74, 6) is 1.33. The van der Waals surface area contributed by atoms with Crippen LogP contribution in [0.3, 0.4) is 0 Å². The van der Waals surface area contributed by atoms with Crippen LogP contribution in [-0.4, -0.2) is 31.5 Å². The zero-order chi connectivity index (χ0) is 20.0. The molecule has 29 heavy (non-hydrogen) atoms. The van der Waals surface area contributed by atoms with Gasteiger partial charge in [0.1, 0.15) is 10.9 Å². The van der Waals surface area contributed by atoms with Gasteiger partial charge in [0.05, 0.1) is 18.2 Å². The van der Waals surface area contributed by atoms with Gasteiger partial charge < -0.3 is 0 Å². The van der Waals surface area contributed by atoms with E-state index in [4.69, 9.17) is 5.10 Å². The first-order valence-corrected chi connectivity index (χ1v) is 11.8. The first-order chi connectivity index (χ1) is 14.1. The molecule has 3 aromatic rings. The number of thioether (sulfide) groups is 1. The summed E-state index contributed by atoms with van der Waals surface area (Å²) in [6.07, 6.45) is 9.18. The summed E-state index contributed by atoms with van der Waals surface area (Å²) in [6, 6.07) is 5.92. The summed E-state index contributed by atoms with van der Waals surface area (Å²) >= 11 is 3.63. The number of nitrogens with zero attached hydrogens (tertiary/aromatic N) is 5. The van der Waals surface area contributed by atoms with E-state index in [0.29, 0.717) is 23.0 Å². The van der Waals surface area contributed by atoms with Crippen LogP contribution in [0.2, 0.25) is 0 Å². The van der Waals surface area contributed by atoms with Gasteiger partial charge in [0.15, 0.2) is 0 Å². The van der Waals surface area contributed by atoms with Crippen LogP contribution >= 0.6 is 23.1 Å². The lowest BCUT2D eigenvalue weighted by Gasteiger charge is -2.39. The first-order valence-electron chi connectivity index (χ1n) is 10.1. The average molecular weight is 423 g/mol. The van der Waals surface area contributed by atoms with E-state index in [0.717, 1.165) is 29.2 Å². The molecule has 2 aliphatic rings. The highest BCUT2D eigenvalue weighted by Gasteiger charge is 2.50. The van der Waals surface area contributed by atoms with Crippen LogP contribution in [-0.2, 0) is 0 Å². The monoisotopic (exact) mass is 422 g/mol. The fourth-order valence-electron chi connectivity index (χ4n) is 4.56. The number of pyridine rings is 1. The molecule has 0 spiro atoms. The maximum absolute atomic E-state index is 4.77. The van der Waals surface area contributed by atoms with Crippen molar-refractivity contribution >= 4 is 23.1 Å². The number of aromatic nitrogens is 4. The summed E-state index contributed by atoms with van der Waals surface area (Å²) in [5.41, 5.74) is 3.36. The summed E-state index contributed by atoms with van der Waals surface area (Å²) in [4.78, 5) is 14.8. The lowest BCUT2D eigenvalue weighted by Crippen LogP contribution is -2.41. The Morgan fingerprint density at radius 3 is 2.97 bits per heavy atom. The van der Waals surface area contributed by atoms with E-state index in [1.165, 1.54) is 10.5 Å². The van der Waals surface area contributed by atoms with E-state index in [1.807, 2.05) is 37.3 Å². The molecule has 148 valence electrons. The average Bonchev–Trinajstić information content (AvgIpc) is 3.43. The predicted molar refractivity (Wildman–Crippen MR) is 119 cm³/mol. The standard InChI is InChI=1S/C22H24N5S2/c1-13-4-18(9-23-6-13)29-20-5-16-7-24-10-19(16)21(15(20)3)27-11-17(8-25-27)22-26-14(2)12-28-22/h4,6,8-9,11-12,15-16,19-21H,5,7H2,1-3H3/q+1. The second-order valence-electron chi connectivity index (χ2n) is 8.20. The minimum absolute atomic E-state index is 0.269. The maximum atomic E-state index is 4.77. The van der Waals surface area contributed by atoms with Crippen LogP contribution in [0.25, 0.3) is 15.4 Å². The highest BCUT2D eigenvalue weighted by atomic mass is 32.2. The van der Waals surface area contributed by atoms with Gasteiger partial charge in [-0.1, -0.05) is 11.8 Å². The second-order valence-corrected chi connectivity index (χ2v) is 10.4. The van der Waals surface area contributed by atoms with E-state index >= 15 is 0 Å². The Balaban J connectivity index is 1.44. The zero-order valence-corrected chi connectivity index (χ0v) is 18.5. The van der Waals surface area contributed by atoms with Crippen molar-refractivity contribution in [2.45, 2.75) is 43.4 Å². The van der Waals surface area contributed by atoms with Crippen LogP contribution in [0.5, 0.6) is 0 Å². The van der Waals surface area contributed by atoms with Crippen molar-refractivity contribution < 1.29 is 0 Å². The molecule has 5 unspecified atom stereocenters. The van der Waals surface area contributed by atoms with Crippen molar-refractivity contribution in [3.63, 3.8) is 0 Å². The number of rotatable bonds is 4. The van der Waals surface area contributed by atoms with Gasteiger partial charge >= 0.3 is 0 Å². The lowest BCUT2D eigenvalue weighted by atomic mass is 9.72. The van der Waals surface area contributed by atoms with Gasteiger partial charge in [-0.05, 0) is 37.8 Å². The molecule has 4 heterocycles. The van der Waals surface area contributed by atoms with E-state index in [2.05, 4.69) is 57.1 Å². The highest BCUT2D eigenvalue weighted by Crippen LogP contribution is 2.49. The molecule has 1 aliphatic carbocycles. The molecule has 1 saturated carbocycles. The molecular weight excluding hydrogens is 398 g/mol. The Morgan fingerprint density at radius 2 is 2.17 bits per heavy atom. The molecule has 3 aromatic heterocycles. The number of aryl methyl sites for hydroxylation is 2. The van der Waals surface area contributed by atoms with Crippen molar-refractivity contribution in [3.8, 4) is 16.6 Å². The Kier molecular flexibility index (Phi) is 4.92. The van der Waals surface area contributed by atoms with E-state index < -0.39 is 0 Å². The van der Waals surface area contributed by atoms with Gasteiger partial charge in [-0.15, -0.1) is 23.1 Å². The Morgan fingerprint density at radius 1 is 1.28 bits per heavy atom. The van der Waals surface area contributed by atoms with Crippen LogP contribution in [0.15, 0.2) is 41.1 Å². The molecule has 5 nitrogen and oxygen atoms in total. The summed E-state index contributed by atoms with van der Waals surface area (Å²) in [5, 5.41) is 8.41. The number of hydrogen-bond donors (Lipinski definition) is 0. The Labute approximate surface area is 179 Å². The third-order valence-electron chi connectivity index (χ3n) is 6.01. The maximum Gasteiger partial charge on any atom is 0.279 e. The fourth-order valence-corrected chi connectivity index (χ4v) is 6.77. The predicted octanol–water partition coefficient (Wildman–Crippen LogP) is 5.34. The van der Waals surface area contributed by atoms with Gasteiger partial charge in [-0.25, -0.2) is 4.98 Å². The van der Waals surface area contributed by atoms with Crippen LogP contribution < -0.4 is 0 Å².